The van der Waals surface area contributed by atoms with Crippen molar-refractivity contribution >= 4 is 37.2 Å². The number of benzene rings is 2. The van der Waals surface area contributed by atoms with Crippen molar-refractivity contribution < 1.29 is 13.2 Å². The van der Waals surface area contributed by atoms with Crippen LogP contribution in [0.5, 0.6) is 0 Å². The van der Waals surface area contributed by atoms with Gasteiger partial charge in [-0.2, -0.15) is 0 Å². The van der Waals surface area contributed by atoms with E-state index >= 15 is 0 Å². The molecule has 0 aliphatic rings. The van der Waals surface area contributed by atoms with Gasteiger partial charge in [0.25, 0.3) is 0 Å². The van der Waals surface area contributed by atoms with Gasteiger partial charge in [0.1, 0.15) is 0 Å². The Morgan fingerprint density at radius 2 is 1.85 bits per heavy atom. The lowest BCUT2D eigenvalue weighted by atomic mass is 10.0. The predicted octanol–water partition coefficient (Wildman–Crippen LogP) is 2.67. The minimum absolute atomic E-state index is 0.120. The van der Waals surface area contributed by atoms with Crippen molar-refractivity contribution in [2.24, 2.45) is 0 Å². The molecule has 20 heavy (non-hydrogen) atoms. The molecule has 2 aromatic carbocycles. The molecule has 0 saturated carbocycles. The summed E-state index contributed by atoms with van der Waals surface area (Å²) in [5.41, 5.74) is 6.92. The van der Waals surface area contributed by atoms with E-state index in [1.54, 1.807) is 30.3 Å². The highest BCUT2D eigenvalue weighted by atomic mass is 79.9. The number of carbonyl (C=O) groups excluding carboxylic acids is 1. The molecule has 2 rings (SSSR count). The highest BCUT2D eigenvalue weighted by Gasteiger charge is 2.15. The minimum Gasteiger partial charge on any atom is -0.399 e. The predicted molar refractivity (Wildman–Crippen MR) is 81.5 cm³/mol. The molecule has 0 aliphatic heterocycles. The van der Waals surface area contributed by atoms with Crippen LogP contribution in [-0.2, 0) is 9.84 Å². The van der Waals surface area contributed by atoms with Crippen LogP contribution < -0.4 is 5.73 Å². The molecule has 0 spiro atoms. The molecule has 2 N–H and O–H groups in total. The number of ketones is 1. The van der Waals surface area contributed by atoms with Crippen molar-refractivity contribution in [3.05, 3.63) is 58.1 Å². The van der Waals surface area contributed by atoms with E-state index in [4.69, 9.17) is 5.73 Å². The summed E-state index contributed by atoms with van der Waals surface area (Å²) in [7, 11) is -3.34. The van der Waals surface area contributed by atoms with Crippen molar-refractivity contribution in [1.82, 2.24) is 0 Å². The van der Waals surface area contributed by atoms with Crippen LogP contribution in [0.3, 0.4) is 0 Å². The lowest BCUT2D eigenvalue weighted by molar-refractivity contribution is 0.103. The monoisotopic (exact) mass is 353 g/mol. The van der Waals surface area contributed by atoms with Crippen LogP contribution in [0.25, 0.3) is 0 Å². The first-order valence-corrected chi connectivity index (χ1v) is 8.37. The van der Waals surface area contributed by atoms with Gasteiger partial charge in [-0.3, -0.25) is 4.79 Å². The van der Waals surface area contributed by atoms with Gasteiger partial charge >= 0.3 is 0 Å². The van der Waals surface area contributed by atoms with Gasteiger partial charge < -0.3 is 5.73 Å². The number of nitrogens with two attached hydrogens (primary N) is 1. The summed E-state index contributed by atoms with van der Waals surface area (Å²) < 4.78 is 23.6. The molecule has 0 amide bonds. The van der Waals surface area contributed by atoms with Crippen LogP contribution in [0.1, 0.15) is 15.9 Å². The van der Waals surface area contributed by atoms with Gasteiger partial charge in [-0.1, -0.05) is 12.1 Å². The van der Waals surface area contributed by atoms with Gasteiger partial charge in [-0.15, -0.1) is 0 Å². The van der Waals surface area contributed by atoms with Crippen LogP contribution in [0, 0.1) is 0 Å². The molecule has 6 heteroatoms. The minimum atomic E-state index is -3.34. The summed E-state index contributed by atoms with van der Waals surface area (Å²) in [6, 6.07) is 10.8. The largest absolute Gasteiger partial charge is 0.399 e. The molecule has 0 heterocycles. The molecule has 0 unspecified atom stereocenters. The van der Waals surface area contributed by atoms with Crippen molar-refractivity contribution in [2.45, 2.75) is 4.90 Å². The molecule has 104 valence electrons. The lowest BCUT2D eigenvalue weighted by Crippen LogP contribution is -2.05. The van der Waals surface area contributed by atoms with E-state index in [-0.39, 0.29) is 10.7 Å². The summed E-state index contributed by atoms with van der Waals surface area (Å²) in [5, 5.41) is 0. The number of carbonyl (C=O) groups is 1. The molecular formula is C14H12BrNO3S. The number of nitrogen functional groups attached to an aromatic ring is 1. The Balaban J connectivity index is 2.49. The van der Waals surface area contributed by atoms with Gasteiger partial charge in [0, 0.05) is 27.5 Å². The first kappa shape index (κ1) is 14.7. The van der Waals surface area contributed by atoms with Gasteiger partial charge in [0.05, 0.1) is 4.90 Å². The number of anilines is 1. The number of rotatable bonds is 3. The SMILES string of the molecule is CS(=O)(=O)c1cccc(C(=O)c2ccc(N)cc2Br)c1. The Kier molecular flexibility index (Phi) is 3.96. The fourth-order valence-electron chi connectivity index (χ4n) is 1.74. The average molecular weight is 354 g/mol. The average Bonchev–Trinajstić information content (AvgIpc) is 2.37. The number of hydrogen-bond donors (Lipinski definition) is 1. The molecule has 0 radical (unpaired) electrons. The fraction of sp³-hybridized carbons (Fsp3) is 0.0714. The third-order valence-electron chi connectivity index (χ3n) is 2.76. The van der Waals surface area contributed by atoms with E-state index in [0.29, 0.717) is 21.3 Å². The summed E-state index contributed by atoms with van der Waals surface area (Å²) in [6.45, 7) is 0. The second-order valence-electron chi connectivity index (χ2n) is 4.37. The van der Waals surface area contributed by atoms with Crippen molar-refractivity contribution in [3.63, 3.8) is 0 Å². The highest BCUT2D eigenvalue weighted by Crippen LogP contribution is 2.23. The quantitative estimate of drug-likeness (QED) is 0.679. The Hall–Kier alpha value is -1.66. The summed E-state index contributed by atoms with van der Waals surface area (Å²) in [6.07, 6.45) is 1.11. The van der Waals surface area contributed by atoms with Crippen LogP contribution >= 0.6 is 15.9 Å². The zero-order valence-corrected chi connectivity index (χ0v) is 13.0. The molecule has 0 aliphatic carbocycles. The normalized spacial score (nSPS) is 11.3. The first-order chi connectivity index (χ1) is 9.29. The maximum absolute atomic E-state index is 12.4. The Labute approximate surface area is 125 Å². The highest BCUT2D eigenvalue weighted by molar-refractivity contribution is 9.10. The van der Waals surface area contributed by atoms with Gasteiger partial charge in [-0.05, 0) is 46.3 Å². The smallest absolute Gasteiger partial charge is 0.194 e. The molecule has 0 fully saturated rings. The van der Waals surface area contributed by atoms with Gasteiger partial charge in [0.2, 0.25) is 0 Å². The summed E-state index contributed by atoms with van der Waals surface area (Å²) in [5.74, 6) is -0.262. The zero-order valence-electron chi connectivity index (χ0n) is 10.6. The van der Waals surface area contributed by atoms with Crippen molar-refractivity contribution in [2.75, 3.05) is 12.0 Å². The van der Waals surface area contributed by atoms with E-state index in [1.807, 2.05) is 0 Å². The molecule has 0 atom stereocenters. The first-order valence-electron chi connectivity index (χ1n) is 5.69. The Morgan fingerprint density at radius 3 is 2.45 bits per heavy atom. The molecule has 0 aromatic heterocycles. The fourth-order valence-corrected chi connectivity index (χ4v) is 2.98. The van der Waals surface area contributed by atoms with Gasteiger partial charge in [0.15, 0.2) is 15.6 Å². The van der Waals surface area contributed by atoms with Crippen LogP contribution in [0.4, 0.5) is 5.69 Å². The number of halogens is 1. The molecule has 0 saturated heterocycles. The van der Waals surface area contributed by atoms with Crippen molar-refractivity contribution in [3.8, 4) is 0 Å². The van der Waals surface area contributed by atoms with Crippen LogP contribution in [0.2, 0.25) is 0 Å². The van der Waals surface area contributed by atoms with E-state index in [1.165, 1.54) is 12.1 Å². The maximum Gasteiger partial charge on any atom is 0.194 e. The third kappa shape index (κ3) is 3.08. The van der Waals surface area contributed by atoms with Gasteiger partial charge in [-0.25, -0.2) is 8.42 Å². The van der Waals surface area contributed by atoms with Crippen LogP contribution in [0.15, 0.2) is 51.8 Å². The Morgan fingerprint density at radius 1 is 1.15 bits per heavy atom. The van der Waals surface area contributed by atoms with Crippen molar-refractivity contribution in [1.29, 1.82) is 0 Å². The second kappa shape index (κ2) is 5.38. The third-order valence-corrected chi connectivity index (χ3v) is 4.53. The maximum atomic E-state index is 12.4. The number of hydrogen-bond acceptors (Lipinski definition) is 4. The van der Waals surface area contributed by atoms with E-state index in [9.17, 15) is 13.2 Å². The summed E-state index contributed by atoms with van der Waals surface area (Å²) >= 11 is 3.28. The second-order valence-corrected chi connectivity index (χ2v) is 7.24. The van der Waals surface area contributed by atoms with Crippen LogP contribution in [-0.4, -0.2) is 20.5 Å². The van der Waals surface area contributed by atoms with E-state index in [2.05, 4.69) is 15.9 Å². The topological polar surface area (TPSA) is 77.2 Å². The molecule has 2 aromatic rings. The zero-order chi connectivity index (χ0) is 14.9. The molecule has 0 bridgehead atoms. The van der Waals surface area contributed by atoms with E-state index in [0.717, 1.165) is 6.26 Å². The molecular weight excluding hydrogens is 342 g/mol. The number of sulfone groups is 1. The summed E-state index contributed by atoms with van der Waals surface area (Å²) in [4.78, 5) is 12.5. The van der Waals surface area contributed by atoms with E-state index < -0.39 is 9.84 Å². The standard InChI is InChI=1S/C14H12BrNO3S/c1-20(18,19)11-4-2-3-9(7-11)14(17)12-6-5-10(16)8-13(12)15/h2-8H,16H2,1H3. The lowest BCUT2D eigenvalue weighted by Gasteiger charge is -2.06. The molecule has 4 nitrogen and oxygen atoms in total. The Bertz CT molecular complexity index is 785.